The van der Waals surface area contributed by atoms with Crippen LogP contribution in [0.5, 0.6) is 5.75 Å². The SMILES string of the molecule is COCCCNC(=O)C(c1ccccc1)N(Cc1ccc(OC)cc1)C(=O)CCc1ccc(S(=O)(=O)NC2CC2)cc1. The molecule has 4 rings (SSSR count). The zero-order valence-corrected chi connectivity index (χ0v) is 24.9. The summed E-state index contributed by atoms with van der Waals surface area (Å²) < 4.78 is 38.1. The van der Waals surface area contributed by atoms with Gasteiger partial charge >= 0.3 is 0 Å². The van der Waals surface area contributed by atoms with E-state index in [9.17, 15) is 18.0 Å². The van der Waals surface area contributed by atoms with Crippen LogP contribution in [0, 0.1) is 0 Å². The van der Waals surface area contributed by atoms with Crippen molar-refractivity contribution in [2.24, 2.45) is 0 Å². The third-order valence-corrected chi connectivity index (χ3v) is 8.63. The molecule has 42 heavy (non-hydrogen) atoms. The first-order chi connectivity index (χ1) is 20.3. The molecule has 9 nitrogen and oxygen atoms in total. The summed E-state index contributed by atoms with van der Waals surface area (Å²) in [6, 6.07) is 22.5. The van der Waals surface area contributed by atoms with Crippen LogP contribution in [0.15, 0.2) is 83.8 Å². The number of aryl methyl sites for hydroxylation is 1. The van der Waals surface area contributed by atoms with Crippen molar-refractivity contribution in [1.29, 1.82) is 0 Å². The summed E-state index contributed by atoms with van der Waals surface area (Å²) in [7, 11) is -0.342. The fraction of sp³-hybridized carbons (Fsp3) is 0.375. The van der Waals surface area contributed by atoms with E-state index in [1.807, 2.05) is 54.6 Å². The number of carbonyl (C=O) groups excluding carboxylic acids is 2. The van der Waals surface area contributed by atoms with E-state index in [1.165, 1.54) is 0 Å². The molecule has 0 radical (unpaired) electrons. The van der Waals surface area contributed by atoms with E-state index in [-0.39, 0.29) is 35.7 Å². The highest BCUT2D eigenvalue weighted by Gasteiger charge is 2.31. The molecule has 0 bridgehead atoms. The molecule has 2 amide bonds. The number of hydrogen-bond donors (Lipinski definition) is 2. The molecule has 1 aliphatic carbocycles. The van der Waals surface area contributed by atoms with Crippen LogP contribution < -0.4 is 14.8 Å². The van der Waals surface area contributed by atoms with Crippen LogP contribution in [0.4, 0.5) is 0 Å². The minimum Gasteiger partial charge on any atom is -0.497 e. The van der Waals surface area contributed by atoms with Crippen molar-refractivity contribution in [2.45, 2.75) is 55.6 Å². The average molecular weight is 594 g/mol. The first-order valence-corrected chi connectivity index (χ1v) is 15.6. The van der Waals surface area contributed by atoms with Crippen molar-refractivity contribution < 1.29 is 27.5 Å². The number of carbonyl (C=O) groups is 2. The zero-order valence-electron chi connectivity index (χ0n) is 24.1. The van der Waals surface area contributed by atoms with Crippen molar-refractivity contribution in [3.63, 3.8) is 0 Å². The number of methoxy groups -OCH3 is 2. The Kier molecular flexibility index (Phi) is 11.1. The lowest BCUT2D eigenvalue weighted by atomic mass is 10.0. The maximum Gasteiger partial charge on any atom is 0.247 e. The number of hydrogen-bond acceptors (Lipinski definition) is 6. The number of sulfonamides is 1. The second kappa shape index (κ2) is 14.9. The second-order valence-electron chi connectivity index (χ2n) is 10.4. The van der Waals surface area contributed by atoms with Gasteiger partial charge in [0.2, 0.25) is 21.8 Å². The van der Waals surface area contributed by atoms with Gasteiger partial charge in [0.15, 0.2) is 0 Å². The first-order valence-electron chi connectivity index (χ1n) is 14.2. The lowest BCUT2D eigenvalue weighted by Crippen LogP contribution is -2.43. The molecule has 1 unspecified atom stereocenters. The predicted molar refractivity (Wildman–Crippen MR) is 160 cm³/mol. The van der Waals surface area contributed by atoms with Crippen LogP contribution in [0.2, 0.25) is 0 Å². The van der Waals surface area contributed by atoms with Gasteiger partial charge in [-0.05, 0) is 66.6 Å². The molecular formula is C32H39N3O6S. The van der Waals surface area contributed by atoms with Crippen LogP contribution >= 0.6 is 0 Å². The molecule has 1 aliphatic rings. The van der Waals surface area contributed by atoms with Gasteiger partial charge in [0.1, 0.15) is 11.8 Å². The Morgan fingerprint density at radius 3 is 2.21 bits per heavy atom. The summed E-state index contributed by atoms with van der Waals surface area (Å²) in [6.07, 6.45) is 2.91. The minimum atomic E-state index is -3.55. The number of nitrogens with zero attached hydrogens (tertiary/aromatic N) is 1. The topological polar surface area (TPSA) is 114 Å². The molecule has 1 saturated carbocycles. The third kappa shape index (κ3) is 8.88. The fourth-order valence-corrected chi connectivity index (χ4v) is 5.91. The Morgan fingerprint density at radius 2 is 1.60 bits per heavy atom. The van der Waals surface area contributed by atoms with Gasteiger partial charge in [-0.3, -0.25) is 9.59 Å². The highest BCUT2D eigenvalue weighted by atomic mass is 32.2. The molecular weight excluding hydrogens is 554 g/mol. The smallest absolute Gasteiger partial charge is 0.247 e. The predicted octanol–water partition coefficient (Wildman–Crippen LogP) is 3.99. The molecule has 0 spiro atoms. The summed E-state index contributed by atoms with van der Waals surface area (Å²) in [6.45, 7) is 1.16. The largest absolute Gasteiger partial charge is 0.497 e. The van der Waals surface area contributed by atoms with Crippen LogP contribution in [-0.4, -0.2) is 58.5 Å². The van der Waals surface area contributed by atoms with Crippen LogP contribution in [0.25, 0.3) is 0 Å². The number of rotatable bonds is 16. The molecule has 3 aromatic rings. The van der Waals surface area contributed by atoms with E-state index in [0.717, 1.165) is 24.0 Å². The van der Waals surface area contributed by atoms with Gasteiger partial charge in [-0.15, -0.1) is 0 Å². The monoisotopic (exact) mass is 593 g/mol. The quantitative estimate of drug-likeness (QED) is 0.243. The molecule has 3 aromatic carbocycles. The molecule has 1 atom stereocenters. The van der Waals surface area contributed by atoms with E-state index in [1.54, 1.807) is 43.4 Å². The maximum atomic E-state index is 13.9. The fourth-order valence-electron chi connectivity index (χ4n) is 4.60. The Labute approximate surface area is 248 Å². The molecule has 0 aliphatic heterocycles. The third-order valence-electron chi connectivity index (χ3n) is 7.09. The van der Waals surface area contributed by atoms with Crippen molar-refractivity contribution in [3.8, 4) is 5.75 Å². The Hall–Kier alpha value is -3.73. The van der Waals surface area contributed by atoms with Crippen molar-refractivity contribution in [2.75, 3.05) is 27.4 Å². The molecule has 10 heteroatoms. The maximum absolute atomic E-state index is 13.9. The molecule has 0 heterocycles. The summed E-state index contributed by atoms with van der Waals surface area (Å²) in [4.78, 5) is 29.3. The van der Waals surface area contributed by atoms with Crippen LogP contribution in [-0.2, 0) is 37.3 Å². The summed E-state index contributed by atoms with van der Waals surface area (Å²) in [5.41, 5.74) is 2.40. The highest BCUT2D eigenvalue weighted by molar-refractivity contribution is 7.89. The van der Waals surface area contributed by atoms with Gasteiger partial charge < -0.3 is 19.7 Å². The van der Waals surface area contributed by atoms with E-state index < -0.39 is 16.1 Å². The zero-order chi connectivity index (χ0) is 30.0. The average Bonchev–Trinajstić information content (AvgIpc) is 3.82. The van der Waals surface area contributed by atoms with E-state index >= 15 is 0 Å². The summed E-state index contributed by atoms with van der Waals surface area (Å²) in [5, 5.41) is 2.97. The lowest BCUT2D eigenvalue weighted by Gasteiger charge is -2.32. The minimum absolute atomic E-state index is 0.0266. The number of ether oxygens (including phenoxy) is 2. The number of amides is 2. The van der Waals surface area contributed by atoms with Crippen LogP contribution in [0.1, 0.15) is 48.4 Å². The lowest BCUT2D eigenvalue weighted by molar-refractivity contribution is -0.141. The Balaban J connectivity index is 1.55. The number of nitrogens with one attached hydrogen (secondary N) is 2. The van der Waals surface area contributed by atoms with Gasteiger partial charge in [0, 0.05) is 39.3 Å². The van der Waals surface area contributed by atoms with E-state index in [4.69, 9.17) is 9.47 Å². The van der Waals surface area contributed by atoms with Crippen molar-refractivity contribution >= 4 is 21.8 Å². The Bertz CT molecular complexity index is 1410. The standard InChI is InChI=1S/C32H39N3O6S/c1-40-22-6-21-33-32(37)31(26-7-4-3-5-8-26)35(23-25-9-16-28(41-2)17-10-25)30(36)20-13-24-11-18-29(19-12-24)42(38,39)34-27-14-15-27/h3-5,7-12,16-19,27,31,34H,6,13-15,20-23H2,1-2H3,(H,33,37). The van der Waals surface area contributed by atoms with E-state index in [2.05, 4.69) is 10.0 Å². The van der Waals surface area contributed by atoms with Gasteiger partial charge in [-0.2, -0.15) is 0 Å². The second-order valence-corrected chi connectivity index (χ2v) is 12.1. The van der Waals surface area contributed by atoms with Crippen molar-refractivity contribution in [3.05, 3.63) is 95.6 Å². The van der Waals surface area contributed by atoms with Crippen molar-refractivity contribution in [1.82, 2.24) is 14.9 Å². The highest BCUT2D eigenvalue weighted by Crippen LogP contribution is 2.26. The Morgan fingerprint density at radius 1 is 0.929 bits per heavy atom. The van der Waals surface area contributed by atoms with E-state index in [0.29, 0.717) is 37.3 Å². The summed E-state index contributed by atoms with van der Waals surface area (Å²) in [5.74, 6) is 0.237. The van der Waals surface area contributed by atoms with Gasteiger partial charge in [0.05, 0.1) is 12.0 Å². The molecule has 2 N–H and O–H groups in total. The molecule has 0 saturated heterocycles. The van der Waals surface area contributed by atoms with Gasteiger partial charge in [0.25, 0.3) is 0 Å². The van der Waals surface area contributed by atoms with Crippen LogP contribution in [0.3, 0.4) is 0 Å². The van der Waals surface area contributed by atoms with Gasteiger partial charge in [-0.1, -0.05) is 54.6 Å². The van der Waals surface area contributed by atoms with Gasteiger partial charge in [-0.25, -0.2) is 13.1 Å². The molecule has 224 valence electrons. The first kappa shape index (κ1) is 31.2. The normalized spacial score (nSPS) is 13.8. The summed E-state index contributed by atoms with van der Waals surface area (Å²) >= 11 is 0. The molecule has 1 fully saturated rings. The number of benzene rings is 3. The molecule has 0 aromatic heterocycles.